The number of hydrazine groups is 1. The number of amides is 3. The summed E-state index contributed by atoms with van der Waals surface area (Å²) in [5.41, 5.74) is 1.42. The molecule has 1 saturated heterocycles. The number of carbonyl (C=O) groups excluding carboxylic acids is 4. The molecule has 2 aromatic rings. The average molecular weight is 473 g/mol. The van der Waals surface area contributed by atoms with Crippen LogP contribution in [-0.2, 0) is 9.59 Å². The Hall–Kier alpha value is -2.70. The Morgan fingerprint density at radius 1 is 0.969 bits per heavy atom. The Morgan fingerprint density at radius 2 is 1.56 bits per heavy atom. The van der Waals surface area contributed by atoms with Crippen LogP contribution in [0.4, 0.5) is 0 Å². The summed E-state index contributed by atoms with van der Waals surface area (Å²) in [5.74, 6) is -2.88. The highest BCUT2D eigenvalue weighted by Gasteiger charge is 2.51. The molecule has 1 aliphatic carbocycles. The van der Waals surface area contributed by atoms with Gasteiger partial charge in [-0.25, -0.2) is 5.01 Å². The number of imide groups is 1. The molecule has 2 atom stereocenters. The van der Waals surface area contributed by atoms with Crippen LogP contribution in [0.25, 0.3) is 0 Å². The second-order valence-corrected chi connectivity index (χ2v) is 9.11. The number of aryl methyl sites for hydroxylation is 1. The highest BCUT2D eigenvalue weighted by Crippen LogP contribution is 2.39. The van der Waals surface area contributed by atoms with Gasteiger partial charge in [-0.05, 0) is 38.0 Å². The zero-order valence-electron chi connectivity index (χ0n) is 17.5. The van der Waals surface area contributed by atoms with Gasteiger partial charge in [-0.1, -0.05) is 65.9 Å². The van der Waals surface area contributed by atoms with E-state index in [0.717, 1.165) is 28.4 Å². The SMILES string of the molecule is Cc1ccc(C(=O)CN(C(=O)c2ccc(Cl)cc2Cl)N2C(=O)[C@H]3CCCC[C@@H]3C2=O)cc1. The maximum Gasteiger partial charge on any atom is 0.274 e. The molecule has 32 heavy (non-hydrogen) atoms. The maximum absolute atomic E-state index is 13.5. The van der Waals surface area contributed by atoms with Crippen LogP contribution in [0.3, 0.4) is 0 Å². The number of Topliss-reactive ketones (excluding diaryl/α,β-unsaturated/α-hetero) is 1. The first-order chi connectivity index (χ1) is 15.3. The van der Waals surface area contributed by atoms with Crippen molar-refractivity contribution in [2.24, 2.45) is 11.8 Å². The van der Waals surface area contributed by atoms with Gasteiger partial charge in [0.15, 0.2) is 5.78 Å². The van der Waals surface area contributed by atoms with Crippen molar-refractivity contribution >= 4 is 46.7 Å². The van der Waals surface area contributed by atoms with E-state index in [4.69, 9.17) is 23.2 Å². The second kappa shape index (κ2) is 9.04. The lowest BCUT2D eigenvalue weighted by atomic mass is 9.81. The van der Waals surface area contributed by atoms with Crippen LogP contribution < -0.4 is 0 Å². The molecule has 2 fully saturated rings. The van der Waals surface area contributed by atoms with Gasteiger partial charge in [0.1, 0.15) is 6.54 Å². The lowest BCUT2D eigenvalue weighted by Crippen LogP contribution is -2.52. The van der Waals surface area contributed by atoms with E-state index in [1.54, 1.807) is 24.3 Å². The van der Waals surface area contributed by atoms with E-state index in [1.807, 2.05) is 6.92 Å². The highest BCUT2D eigenvalue weighted by atomic mass is 35.5. The number of benzene rings is 2. The van der Waals surface area contributed by atoms with Crippen LogP contribution in [0.15, 0.2) is 42.5 Å². The van der Waals surface area contributed by atoms with Crippen LogP contribution in [-0.4, -0.2) is 40.1 Å². The summed E-state index contributed by atoms with van der Waals surface area (Å²) >= 11 is 12.2. The molecule has 4 rings (SSSR count). The van der Waals surface area contributed by atoms with Crippen LogP contribution in [0, 0.1) is 18.8 Å². The first kappa shape index (κ1) is 22.5. The fourth-order valence-corrected chi connectivity index (χ4v) is 4.87. The molecule has 0 unspecified atom stereocenters. The third-order valence-corrected chi connectivity index (χ3v) is 6.67. The number of hydrogen-bond acceptors (Lipinski definition) is 4. The van der Waals surface area contributed by atoms with Gasteiger partial charge in [-0.3, -0.25) is 19.2 Å². The van der Waals surface area contributed by atoms with Gasteiger partial charge in [0.05, 0.1) is 22.4 Å². The Bertz CT molecular complexity index is 1080. The number of ketones is 1. The highest BCUT2D eigenvalue weighted by molar-refractivity contribution is 6.36. The van der Waals surface area contributed by atoms with Crippen molar-refractivity contribution in [1.82, 2.24) is 10.0 Å². The van der Waals surface area contributed by atoms with Crippen molar-refractivity contribution in [3.63, 3.8) is 0 Å². The lowest BCUT2D eigenvalue weighted by molar-refractivity contribution is -0.154. The number of rotatable bonds is 5. The molecule has 6 nitrogen and oxygen atoms in total. The second-order valence-electron chi connectivity index (χ2n) is 8.26. The number of fused-ring (bicyclic) bond motifs is 1. The maximum atomic E-state index is 13.5. The summed E-state index contributed by atoms with van der Waals surface area (Å²) in [6.07, 6.45) is 2.91. The Labute approximate surface area is 196 Å². The normalized spacial score (nSPS) is 20.3. The fourth-order valence-electron chi connectivity index (χ4n) is 4.38. The van der Waals surface area contributed by atoms with Gasteiger partial charge < -0.3 is 0 Å². The van der Waals surface area contributed by atoms with Crippen molar-refractivity contribution in [2.75, 3.05) is 6.54 Å². The van der Waals surface area contributed by atoms with Gasteiger partial charge in [-0.2, -0.15) is 5.01 Å². The fraction of sp³-hybridized carbons (Fsp3) is 0.333. The third kappa shape index (κ3) is 4.17. The molecule has 0 aromatic heterocycles. The molecule has 2 aromatic carbocycles. The first-order valence-corrected chi connectivity index (χ1v) is 11.3. The zero-order chi connectivity index (χ0) is 23.0. The topological polar surface area (TPSA) is 74.8 Å². The van der Waals surface area contributed by atoms with Crippen molar-refractivity contribution in [3.05, 3.63) is 69.2 Å². The minimum absolute atomic E-state index is 0.0586. The molecule has 1 heterocycles. The van der Waals surface area contributed by atoms with Crippen molar-refractivity contribution in [1.29, 1.82) is 0 Å². The quantitative estimate of drug-likeness (QED) is 0.466. The molecule has 0 radical (unpaired) electrons. The van der Waals surface area contributed by atoms with E-state index in [0.29, 0.717) is 23.4 Å². The molecule has 0 bridgehead atoms. The van der Waals surface area contributed by atoms with Gasteiger partial charge in [0.2, 0.25) is 0 Å². The number of hydrogen-bond donors (Lipinski definition) is 0. The standard InChI is InChI=1S/C24H22Cl2N2O4/c1-14-6-8-15(9-7-14)21(29)13-27(22(30)19-11-10-16(25)12-20(19)26)28-23(31)17-4-2-3-5-18(17)24(28)32/h6-12,17-18H,2-5,13H2,1H3/t17-,18-/m0/s1. The monoisotopic (exact) mass is 472 g/mol. The molecule has 0 N–H and O–H groups in total. The molecule has 2 aliphatic rings. The van der Waals surface area contributed by atoms with Crippen LogP contribution in [0.2, 0.25) is 10.0 Å². The van der Waals surface area contributed by atoms with E-state index in [2.05, 4.69) is 0 Å². The summed E-state index contributed by atoms with van der Waals surface area (Å²) in [4.78, 5) is 52.9. The largest absolute Gasteiger partial charge is 0.292 e. The minimum Gasteiger partial charge on any atom is -0.292 e. The molecule has 1 aliphatic heterocycles. The number of halogens is 2. The summed E-state index contributed by atoms with van der Waals surface area (Å²) in [5, 5.41) is 2.24. The molecular weight excluding hydrogens is 451 g/mol. The molecule has 1 saturated carbocycles. The van der Waals surface area contributed by atoms with E-state index in [1.165, 1.54) is 18.2 Å². The summed E-state index contributed by atoms with van der Waals surface area (Å²) in [6.45, 7) is 1.44. The molecule has 8 heteroatoms. The van der Waals surface area contributed by atoms with E-state index in [9.17, 15) is 19.2 Å². The molecular formula is C24H22Cl2N2O4. The predicted molar refractivity (Wildman–Crippen MR) is 120 cm³/mol. The Kier molecular flexibility index (Phi) is 6.35. The molecule has 0 spiro atoms. The Balaban J connectivity index is 1.71. The van der Waals surface area contributed by atoms with Crippen LogP contribution in [0.1, 0.15) is 52.0 Å². The summed E-state index contributed by atoms with van der Waals surface area (Å²) < 4.78 is 0. The zero-order valence-corrected chi connectivity index (χ0v) is 19.0. The number of nitrogens with zero attached hydrogens (tertiary/aromatic N) is 2. The Morgan fingerprint density at radius 3 is 2.12 bits per heavy atom. The molecule has 3 amide bonds. The van der Waals surface area contributed by atoms with Gasteiger partial charge in [0.25, 0.3) is 17.7 Å². The average Bonchev–Trinajstić information content (AvgIpc) is 3.02. The van der Waals surface area contributed by atoms with E-state index in [-0.39, 0.29) is 16.4 Å². The van der Waals surface area contributed by atoms with Crippen molar-refractivity contribution in [2.45, 2.75) is 32.6 Å². The minimum atomic E-state index is -0.701. The lowest BCUT2D eigenvalue weighted by Gasteiger charge is -2.30. The smallest absolute Gasteiger partial charge is 0.274 e. The van der Waals surface area contributed by atoms with Crippen molar-refractivity contribution < 1.29 is 19.2 Å². The third-order valence-electron chi connectivity index (χ3n) is 6.12. The summed E-state index contributed by atoms with van der Waals surface area (Å²) in [7, 11) is 0. The van der Waals surface area contributed by atoms with E-state index < -0.39 is 36.1 Å². The number of carbonyl (C=O) groups is 4. The molecule has 166 valence electrons. The summed E-state index contributed by atoms with van der Waals surface area (Å²) in [6, 6.07) is 11.2. The van der Waals surface area contributed by atoms with E-state index >= 15 is 0 Å². The van der Waals surface area contributed by atoms with Gasteiger partial charge in [0, 0.05) is 10.6 Å². The van der Waals surface area contributed by atoms with Crippen LogP contribution in [0.5, 0.6) is 0 Å². The first-order valence-electron chi connectivity index (χ1n) is 10.5. The van der Waals surface area contributed by atoms with Gasteiger partial charge in [-0.15, -0.1) is 0 Å². The van der Waals surface area contributed by atoms with Gasteiger partial charge >= 0.3 is 0 Å². The predicted octanol–water partition coefficient (Wildman–Crippen LogP) is 4.72. The van der Waals surface area contributed by atoms with Crippen molar-refractivity contribution in [3.8, 4) is 0 Å². The van der Waals surface area contributed by atoms with Crippen LogP contribution >= 0.6 is 23.2 Å².